The van der Waals surface area contributed by atoms with Crippen molar-refractivity contribution in [1.82, 2.24) is 5.32 Å². The van der Waals surface area contributed by atoms with Gasteiger partial charge in [-0.3, -0.25) is 0 Å². The monoisotopic (exact) mass is 173 g/mol. The maximum Gasteiger partial charge on any atom is 0.0110 e. The van der Waals surface area contributed by atoms with Gasteiger partial charge in [0.15, 0.2) is 0 Å². The molecule has 1 nitrogen and oxygen atoms in total. The van der Waals surface area contributed by atoms with Gasteiger partial charge in [0, 0.05) is 12.7 Å². The van der Waals surface area contributed by atoms with E-state index < -0.39 is 0 Å². The molecule has 0 fully saturated rings. The molecule has 0 heterocycles. The van der Waals surface area contributed by atoms with Crippen LogP contribution in [0.2, 0.25) is 0 Å². The molecular weight excluding hydrogens is 158 g/mol. The molecule has 1 N–H and O–H groups in total. The van der Waals surface area contributed by atoms with Gasteiger partial charge in [0.1, 0.15) is 0 Å². The lowest BCUT2D eigenvalue weighted by atomic mass is 10.1. The van der Waals surface area contributed by atoms with Gasteiger partial charge in [0.2, 0.25) is 0 Å². The van der Waals surface area contributed by atoms with Crippen LogP contribution in [0.1, 0.15) is 24.0 Å². The highest BCUT2D eigenvalue weighted by Crippen LogP contribution is 2.20. The largest absolute Gasteiger partial charge is 0.391 e. The van der Waals surface area contributed by atoms with E-state index in [0.717, 1.165) is 0 Å². The van der Waals surface area contributed by atoms with Gasteiger partial charge in [-0.05, 0) is 36.5 Å². The van der Waals surface area contributed by atoms with Crippen LogP contribution in [0.3, 0.4) is 0 Å². The van der Waals surface area contributed by atoms with Crippen molar-refractivity contribution in [2.45, 2.75) is 19.3 Å². The van der Waals surface area contributed by atoms with Crippen LogP contribution < -0.4 is 5.32 Å². The highest BCUT2D eigenvalue weighted by Gasteiger charge is 2.05. The summed E-state index contributed by atoms with van der Waals surface area (Å²) in [5.41, 5.74) is 4.21. The summed E-state index contributed by atoms with van der Waals surface area (Å²) >= 11 is 0. The third kappa shape index (κ3) is 1.74. The first-order valence-electron chi connectivity index (χ1n) is 4.86. The van der Waals surface area contributed by atoms with Crippen LogP contribution in [0, 0.1) is 0 Å². The Bertz CT molecular complexity index is 326. The first-order chi connectivity index (χ1) is 6.40. The second-order valence-electron chi connectivity index (χ2n) is 3.47. The van der Waals surface area contributed by atoms with Gasteiger partial charge in [0.25, 0.3) is 0 Å². The van der Waals surface area contributed by atoms with Crippen molar-refractivity contribution in [3.8, 4) is 0 Å². The summed E-state index contributed by atoms with van der Waals surface area (Å²) in [4.78, 5) is 0. The smallest absolute Gasteiger partial charge is 0.0110 e. The summed E-state index contributed by atoms with van der Waals surface area (Å²) in [5.74, 6) is 0. The Kier molecular flexibility index (Phi) is 2.35. The molecule has 0 radical (unpaired) electrons. The number of allylic oxidation sites excluding steroid dienone is 1. The molecule has 13 heavy (non-hydrogen) atoms. The summed E-state index contributed by atoms with van der Waals surface area (Å²) in [6.07, 6.45) is 5.90. The van der Waals surface area contributed by atoms with Crippen LogP contribution in [0.15, 0.2) is 30.0 Å². The molecule has 0 saturated carbocycles. The fraction of sp³-hybridized carbons (Fsp3) is 0.333. The van der Waals surface area contributed by atoms with Crippen LogP contribution in [-0.4, -0.2) is 7.05 Å². The quantitative estimate of drug-likeness (QED) is 0.688. The van der Waals surface area contributed by atoms with Crippen LogP contribution in [-0.2, 0) is 6.42 Å². The van der Waals surface area contributed by atoms with Crippen molar-refractivity contribution in [3.05, 3.63) is 41.1 Å². The maximum atomic E-state index is 3.25. The lowest BCUT2D eigenvalue weighted by Gasteiger charge is -2.02. The Balaban J connectivity index is 2.40. The zero-order valence-corrected chi connectivity index (χ0v) is 8.01. The first kappa shape index (κ1) is 8.36. The SMILES string of the molecule is CNC1=Cc2ccccc2CCC1. The van der Waals surface area contributed by atoms with Gasteiger partial charge in [0.05, 0.1) is 0 Å². The highest BCUT2D eigenvalue weighted by molar-refractivity contribution is 5.57. The van der Waals surface area contributed by atoms with Crippen molar-refractivity contribution >= 4 is 6.08 Å². The second kappa shape index (κ2) is 3.65. The molecule has 0 atom stereocenters. The molecule has 0 unspecified atom stereocenters. The van der Waals surface area contributed by atoms with Crippen molar-refractivity contribution in [3.63, 3.8) is 0 Å². The fourth-order valence-corrected chi connectivity index (χ4v) is 1.83. The summed E-state index contributed by atoms with van der Waals surface area (Å²) in [6, 6.07) is 8.65. The minimum absolute atomic E-state index is 1.17. The van der Waals surface area contributed by atoms with Crippen LogP contribution >= 0.6 is 0 Å². The summed E-state index contributed by atoms with van der Waals surface area (Å²) in [7, 11) is 2.00. The Morgan fingerprint density at radius 2 is 2.00 bits per heavy atom. The zero-order chi connectivity index (χ0) is 9.10. The molecule has 0 saturated heterocycles. The van der Waals surface area contributed by atoms with Crippen LogP contribution in [0.4, 0.5) is 0 Å². The molecular formula is C12H15N. The minimum atomic E-state index is 1.17. The van der Waals surface area contributed by atoms with Crippen molar-refractivity contribution in [2.75, 3.05) is 7.05 Å². The van der Waals surface area contributed by atoms with Crippen molar-refractivity contribution in [1.29, 1.82) is 0 Å². The fourth-order valence-electron chi connectivity index (χ4n) is 1.83. The standard InChI is InChI=1S/C12H15N/c1-13-12-8-4-7-10-5-2-3-6-11(10)9-12/h2-3,5-6,9,13H,4,7-8H2,1H3. The second-order valence-corrected chi connectivity index (χ2v) is 3.47. The molecule has 1 aromatic carbocycles. The number of hydrogen-bond donors (Lipinski definition) is 1. The Labute approximate surface area is 79.5 Å². The average molecular weight is 173 g/mol. The summed E-state index contributed by atoms with van der Waals surface area (Å²) < 4.78 is 0. The third-order valence-corrected chi connectivity index (χ3v) is 2.60. The third-order valence-electron chi connectivity index (χ3n) is 2.60. The van der Waals surface area contributed by atoms with Gasteiger partial charge >= 0.3 is 0 Å². The lowest BCUT2D eigenvalue weighted by molar-refractivity contribution is 0.776. The zero-order valence-electron chi connectivity index (χ0n) is 8.01. The van der Waals surface area contributed by atoms with E-state index in [9.17, 15) is 0 Å². The molecule has 68 valence electrons. The summed E-state index contributed by atoms with van der Waals surface area (Å²) in [6.45, 7) is 0. The minimum Gasteiger partial charge on any atom is -0.391 e. The van der Waals surface area contributed by atoms with Crippen LogP contribution in [0.25, 0.3) is 6.08 Å². The van der Waals surface area contributed by atoms with Gasteiger partial charge in [-0.1, -0.05) is 24.3 Å². The number of rotatable bonds is 1. The predicted molar refractivity (Wildman–Crippen MR) is 56.4 cm³/mol. The predicted octanol–water partition coefficient (Wildman–Crippen LogP) is 2.58. The van der Waals surface area contributed by atoms with Gasteiger partial charge in [-0.25, -0.2) is 0 Å². The molecule has 0 bridgehead atoms. The molecule has 1 aliphatic carbocycles. The molecule has 0 aromatic heterocycles. The molecule has 0 aliphatic heterocycles. The van der Waals surface area contributed by atoms with E-state index in [1.165, 1.54) is 36.1 Å². The van der Waals surface area contributed by atoms with E-state index in [-0.39, 0.29) is 0 Å². The number of nitrogens with one attached hydrogen (secondary N) is 1. The van der Waals surface area contributed by atoms with Gasteiger partial charge < -0.3 is 5.32 Å². The van der Waals surface area contributed by atoms with E-state index in [0.29, 0.717) is 0 Å². The van der Waals surface area contributed by atoms with E-state index in [1.807, 2.05) is 7.05 Å². The number of hydrogen-bond acceptors (Lipinski definition) is 1. The average Bonchev–Trinajstić information content (AvgIpc) is 2.38. The molecule has 0 amide bonds. The van der Waals surface area contributed by atoms with Crippen LogP contribution in [0.5, 0.6) is 0 Å². The van der Waals surface area contributed by atoms with E-state index in [4.69, 9.17) is 0 Å². The molecule has 1 aliphatic rings. The first-order valence-corrected chi connectivity index (χ1v) is 4.86. The molecule has 1 heteroatoms. The highest BCUT2D eigenvalue weighted by atomic mass is 14.8. The van der Waals surface area contributed by atoms with E-state index in [1.54, 1.807) is 0 Å². The Morgan fingerprint density at radius 3 is 2.85 bits per heavy atom. The van der Waals surface area contributed by atoms with Crippen molar-refractivity contribution in [2.24, 2.45) is 0 Å². The Hall–Kier alpha value is -1.24. The summed E-state index contributed by atoms with van der Waals surface area (Å²) in [5, 5.41) is 3.25. The Morgan fingerprint density at radius 1 is 1.15 bits per heavy atom. The van der Waals surface area contributed by atoms with Gasteiger partial charge in [-0.2, -0.15) is 0 Å². The van der Waals surface area contributed by atoms with E-state index >= 15 is 0 Å². The molecule has 1 aromatic rings. The molecule has 2 rings (SSSR count). The number of fused-ring (bicyclic) bond motifs is 1. The normalized spacial score (nSPS) is 15.6. The van der Waals surface area contributed by atoms with Gasteiger partial charge in [-0.15, -0.1) is 0 Å². The molecule has 0 spiro atoms. The maximum absolute atomic E-state index is 3.25. The number of benzene rings is 1. The lowest BCUT2D eigenvalue weighted by Crippen LogP contribution is -2.04. The number of aryl methyl sites for hydroxylation is 1. The van der Waals surface area contributed by atoms with E-state index in [2.05, 4.69) is 35.7 Å². The topological polar surface area (TPSA) is 12.0 Å². The van der Waals surface area contributed by atoms with Crippen molar-refractivity contribution < 1.29 is 0 Å².